The molecule has 2 bridgehead atoms. The van der Waals surface area contributed by atoms with Gasteiger partial charge in [-0.25, -0.2) is 14.6 Å². The van der Waals surface area contributed by atoms with Crippen molar-refractivity contribution in [1.29, 1.82) is 0 Å². The highest BCUT2D eigenvalue weighted by Crippen LogP contribution is 2.31. The number of nitrogens with zero attached hydrogens (tertiary/aromatic N) is 3. The molecule has 0 saturated carbocycles. The number of aliphatic carboxylic acids is 1. The van der Waals surface area contributed by atoms with Crippen LogP contribution in [0, 0.1) is 0 Å². The first-order valence-corrected chi connectivity index (χ1v) is 8.46. The van der Waals surface area contributed by atoms with E-state index in [1.807, 2.05) is 0 Å². The van der Waals surface area contributed by atoms with E-state index >= 15 is 0 Å². The summed E-state index contributed by atoms with van der Waals surface area (Å²) in [5.41, 5.74) is 0.240. The SMILES string of the molecule is O.O=C(O)CCn1c2oc(=O)ccc(=O)oc3cccc1c3c2Cn1ccnc1. The molecule has 0 aliphatic heterocycles. The van der Waals surface area contributed by atoms with Gasteiger partial charge in [-0.1, -0.05) is 6.07 Å². The molecule has 1 aromatic carbocycles. The maximum atomic E-state index is 12.2. The minimum absolute atomic E-state index is 0. The molecule has 10 nitrogen and oxygen atoms in total. The summed E-state index contributed by atoms with van der Waals surface area (Å²) in [6.07, 6.45) is 4.79. The van der Waals surface area contributed by atoms with Crippen LogP contribution in [0.5, 0.6) is 0 Å². The van der Waals surface area contributed by atoms with Crippen molar-refractivity contribution in [2.45, 2.75) is 19.5 Å². The summed E-state index contributed by atoms with van der Waals surface area (Å²) in [7, 11) is 0. The van der Waals surface area contributed by atoms with Crippen LogP contribution < -0.4 is 11.3 Å². The summed E-state index contributed by atoms with van der Waals surface area (Å²) in [6.45, 7) is 0.372. The Balaban J connectivity index is 0.00000240. The van der Waals surface area contributed by atoms with Crippen LogP contribution in [0.2, 0.25) is 0 Å². The molecule has 10 heteroatoms. The number of carboxylic acids is 1. The third kappa shape index (κ3) is 3.87. The van der Waals surface area contributed by atoms with Gasteiger partial charge in [0.05, 0.1) is 30.2 Å². The largest absolute Gasteiger partial charge is 0.481 e. The summed E-state index contributed by atoms with van der Waals surface area (Å²) >= 11 is 0. The highest BCUT2D eigenvalue weighted by molar-refractivity contribution is 6.00. The molecule has 0 aliphatic rings. The maximum absolute atomic E-state index is 12.2. The molecule has 3 heterocycles. The Labute approximate surface area is 162 Å². The van der Waals surface area contributed by atoms with Crippen LogP contribution in [0.3, 0.4) is 0 Å². The summed E-state index contributed by atoms with van der Waals surface area (Å²) < 4.78 is 14.3. The van der Waals surface area contributed by atoms with Crippen LogP contribution in [0.25, 0.3) is 22.2 Å². The molecule has 0 spiro atoms. The molecule has 0 fully saturated rings. The molecule has 3 N–H and O–H groups in total. The van der Waals surface area contributed by atoms with Gasteiger partial charge < -0.3 is 28.6 Å². The predicted molar refractivity (Wildman–Crippen MR) is 103 cm³/mol. The van der Waals surface area contributed by atoms with Gasteiger partial charge in [0.1, 0.15) is 5.58 Å². The first-order valence-electron chi connectivity index (χ1n) is 8.46. The van der Waals surface area contributed by atoms with Gasteiger partial charge in [-0.15, -0.1) is 0 Å². The van der Waals surface area contributed by atoms with Gasteiger partial charge in [-0.05, 0) is 12.1 Å². The van der Waals surface area contributed by atoms with Crippen LogP contribution in [0.1, 0.15) is 12.0 Å². The monoisotopic (exact) mass is 399 g/mol. The number of hydrogen-bond acceptors (Lipinski definition) is 6. The lowest BCUT2D eigenvalue weighted by Gasteiger charge is -2.04. The zero-order chi connectivity index (χ0) is 19.7. The lowest BCUT2D eigenvalue weighted by Crippen LogP contribution is -2.06. The van der Waals surface area contributed by atoms with E-state index in [1.165, 1.54) is 0 Å². The van der Waals surface area contributed by atoms with Crippen molar-refractivity contribution in [2.24, 2.45) is 0 Å². The highest BCUT2D eigenvalue weighted by Gasteiger charge is 2.19. The zero-order valence-electron chi connectivity index (χ0n) is 15.1. The Hall–Kier alpha value is -3.92. The van der Waals surface area contributed by atoms with Crippen molar-refractivity contribution in [3.63, 3.8) is 0 Å². The lowest BCUT2D eigenvalue weighted by molar-refractivity contribution is -0.137. The summed E-state index contributed by atoms with van der Waals surface area (Å²) in [5, 5.41) is 9.69. The van der Waals surface area contributed by atoms with Crippen molar-refractivity contribution in [3.05, 3.63) is 75.5 Å². The van der Waals surface area contributed by atoms with Crippen LogP contribution in [0.15, 0.2) is 67.5 Å². The number of fused-ring (bicyclic) bond motifs is 1. The Bertz CT molecular complexity index is 1310. The molecule has 150 valence electrons. The summed E-state index contributed by atoms with van der Waals surface area (Å²) in [6, 6.07) is 7.06. The number of carbonyl (C=O) groups is 1. The van der Waals surface area contributed by atoms with E-state index in [4.69, 9.17) is 13.9 Å². The van der Waals surface area contributed by atoms with Gasteiger partial charge >= 0.3 is 17.2 Å². The van der Waals surface area contributed by atoms with Crippen molar-refractivity contribution < 1.29 is 24.2 Å². The Morgan fingerprint density at radius 1 is 1.10 bits per heavy atom. The van der Waals surface area contributed by atoms with Crippen molar-refractivity contribution in [2.75, 3.05) is 0 Å². The van der Waals surface area contributed by atoms with Crippen LogP contribution in [-0.4, -0.2) is 30.7 Å². The van der Waals surface area contributed by atoms with Gasteiger partial charge in [0, 0.05) is 36.6 Å². The number of aromatic nitrogens is 3. The normalized spacial score (nSPS) is 10.8. The third-order valence-corrected chi connectivity index (χ3v) is 4.31. The van der Waals surface area contributed by atoms with Crippen molar-refractivity contribution in [1.82, 2.24) is 14.1 Å². The molecule has 0 unspecified atom stereocenters. The van der Waals surface area contributed by atoms with Gasteiger partial charge in [0.25, 0.3) is 0 Å². The van der Waals surface area contributed by atoms with E-state index in [0.29, 0.717) is 22.0 Å². The number of hydrogen-bond donors (Lipinski definition) is 1. The van der Waals surface area contributed by atoms with Gasteiger partial charge in [-0.2, -0.15) is 0 Å². The second-order valence-electron chi connectivity index (χ2n) is 6.14. The smallest absolute Gasteiger partial charge is 0.337 e. The van der Waals surface area contributed by atoms with Crippen molar-refractivity contribution >= 4 is 28.2 Å². The topological polar surface area (TPSA) is 152 Å². The molecular weight excluding hydrogens is 382 g/mol. The molecule has 4 rings (SSSR count). The minimum Gasteiger partial charge on any atom is -0.481 e. The molecule has 4 aromatic rings. The quantitative estimate of drug-likeness (QED) is 0.528. The molecule has 0 aliphatic carbocycles. The fourth-order valence-corrected chi connectivity index (χ4v) is 3.18. The molecular formula is C19H17N3O7. The van der Waals surface area contributed by atoms with E-state index in [0.717, 1.165) is 12.1 Å². The summed E-state index contributed by atoms with van der Waals surface area (Å²) in [4.78, 5) is 39.3. The fraction of sp³-hybridized carbons (Fsp3) is 0.158. The molecule has 0 amide bonds. The predicted octanol–water partition coefficient (Wildman–Crippen LogP) is 1.16. The van der Waals surface area contributed by atoms with E-state index in [-0.39, 0.29) is 30.7 Å². The first-order chi connectivity index (χ1) is 13.5. The maximum Gasteiger partial charge on any atom is 0.337 e. The Morgan fingerprint density at radius 2 is 1.86 bits per heavy atom. The van der Waals surface area contributed by atoms with E-state index in [9.17, 15) is 14.4 Å². The van der Waals surface area contributed by atoms with Crippen molar-refractivity contribution in [3.8, 4) is 0 Å². The number of imidazole rings is 1. The van der Waals surface area contributed by atoms with Crippen LogP contribution in [-0.2, 0) is 17.9 Å². The first kappa shape index (κ1) is 19.8. The zero-order valence-corrected chi connectivity index (χ0v) is 15.1. The number of benzene rings is 1. The Morgan fingerprint density at radius 3 is 2.55 bits per heavy atom. The second kappa shape index (κ2) is 7.98. The average molecular weight is 399 g/mol. The summed E-state index contributed by atoms with van der Waals surface area (Å²) in [5.74, 6) is -0.984. The lowest BCUT2D eigenvalue weighted by atomic mass is 10.1. The minimum atomic E-state index is -0.984. The third-order valence-electron chi connectivity index (χ3n) is 4.31. The number of aryl methyl sites for hydroxylation is 1. The fourth-order valence-electron chi connectivity index (χ4n) is 3.18. The van der Waals surface area contributed by atoms with Gasteiger partial charge in [0.2, 0.25) is 5.71 Å². The van der Waals surface area contributed by atoms with E-state index in [2.05, 4.69) is 4.98 Å². The van der Waals surface area contributed by atoms with E-state index < -0.39 is 17.2 Å². The average Bonchev–Trinajstić information content (AvgIpc) is 3.26. The van der Waals surface area contributed by atoms with Crippen LogP contribution >= 0.6 is 0 Å². The van der Waals surface area contributed by atoms with Gasteiger partial charge in [0.15, 0.2) is 0 Å². The van der Waals surface area contributed by atoms with E-state index in [1.54, 1.807) is 46.1 Å². The molecule has 0 radical (unpaired) electrons. The Kier molecular flexibility index (Phi) is 5.46. The number of carboxylic acid groups (broad SMARTS) is 1. The molecule has 0 saturated heterocycles. The molecule has 3 aromatic heterocycles. The highest BCUT2D eigenvalue weighted by atomic mass is 16.4. The number of rotatable bonds is 5. The molecule has 0 atom stereocenters. The molecule has 29 heavy (non-hydrogen) atoms. The van der Waals surface area contributed by atoms with Gasteiger partial charge in [-0.3, -0.25) is 4.79 Å². The van der Waals surface area contributed by atoms with Crippen LogP contribution in [0.4, 0.5) is 0 Å². The standard InChI is InChI=1S/C19H15N3O6.H2O/c23-15(24)6-8-22-13-2-1-3-14-18(13)12(10-21-9-7-20-11-21)19(22)28-17(26)5-4-16(25)27-14;/h1-5,7,9,11H,6,8,10H2,(H,23,24);1H2. The second-order valence-corrected chi connectivity index (χ2v) is 6.14.